The third kappa shape index (κ3) is 4.21. The summed E-state index contributed by atoms with van der Waals surface area (Å²) in [6, 6.07) is 31.9. The van der Waals surface area contributed by atoms with E-state index >= 15 is 0 Å². The Hall–Kier alpha value is -2.42. The van der Waals surface area contributed by atoms with Crippen LogP contribution in [0.15, 0.2) is 91.0 Å². The average Bonchev–Trinajstić information content (AvgIpc) is 3.62. The largest absolute Gasteiger partial charge is 0.364 e. The van der Waals surface area contributed by atoms with Gasteiger partial charge < -0.3 is 10.5 Å². The van der Waals surface area contributed by atoms with Crippen LogP contribution in [0.5, 0.6) is 0 Å². The van der Waals surface area contributed by atoms with Gasteiger partial charge in [-0.2, -0.15) is 0 Å². The van der Waals surface area contributed by atoms with Gasteiger partial charge in [0.15, 0.2) is 0 Å². The van der Waals surface area contributed by atoms with Gasteiger partial charge in [0, 0.05) is 6.61 Å². The Morgan fingerprint density at radius 3 is 1.77 bits per heavy atom. The van der Waals surface area contributed by atoms with E-state index in [0.717, 1.165) is 30.4 Å². The van der Waals surface area contributed by atoms with Crippen LogP contribution in [0.4, 0.5) is 0 Å². The van der Waals surface area contributed by atoms with Crippen LogP contribution in [-0.4, -0.2) is 12.1 Å². The molecule has 2 heteroatoms. The topological polar surface area (TPSA) is 35.2 Å². The number of hydrogen-bond donors (Lipinski definition) is 1. The maximum atomic E-state index is 7.49. The molecule has 1 unspecified atom stereocenters. The molecule has 3 aromatic rings. The lowest BCUT2D eigenvalue weighted by molar-refractivity contribution is -0.0775. The summed E-state index contributed by atoms with van der Waals surface area (Å²) in [6.07, 6.45) is 5.34. The van der Waals surface area contributed by atoms with Crippen molar-refractivity contribution in [2.75, 3.05) is 6.61 Å². The van der Waals surface area contributed by atoms with Crippen LogP contribution in [0.3, 0.4) is 0 Å². The molecule has 2 nitrogen and oxygen atoms in total. The summed E-state index contributed by atoms with van der Waals surface area (Å²) in [5, 5.41) is 0. The Kier molecular flexibility index (Phi) is 6.36. The summed E-state index contributed by atoms with van der Waals surface area (Å²) < 4.78 is 6.76. The van der Waals surface area contributed by atoms with Gasteiger partial charge in [-0.3, -0.25) is 0 Å². The second kappa shape index (κ2) is 9.16. The quantitative estimate of drug-likeness (QED) is 0.447. The van der Waals surface area contributed by atoms with Crippen LogP contribution in [0, 0.1) is 5.92 Å². The summed E-state index contributed by atoms with van der Waals surface area (Å²) in [4.78, 5) is 0. The van der Waals surface area contributed by atoms with Gasteiger partial charge in [0.25, 0.3) is 0 Å². The molecule has 1 aliphatic rings. The van der Waals surface area contributed by atoms with Gasteiger partial charge in [-0.15, -0.1) is 0 Å². The van der Waals surface area contributed by atoms with Gasteiger partial charge in [0.1, 0.15) is 5.60 Å². The first-order valence-electron chi connectivity index (χ1n) is 11.3. The third-order valence-corrected chi connectivity index (χ3v) is 6.48. The van der Waals surface area contributed by atoms with Gasteiger partial charge in [-0.1, -0.05) is 104 Å². The highest BCUT2D eigenvalue weighted by Crippen LogP contribution is 2.50. The molecule has 0 aromatic heterocycles. The number of nitrogens with two attached hydrogens (primary N) is 1. The molecule has 2 N–H and O–H groups in total. The highest BCUT2D eigenvalue weighted by atomic mass is 16.5. The molecule has 1 aliphatic carbocycles. The number of aryl methyl sites for hydroxylation is 1. The molecule has 30 heavy (non-hydrogen) atoms. The van der Waals surface area contributed by atoms with Gasteiger partial charge in [0.2, 0.25) is 0 Å². The molecular formula is C28H33NO. The van der Waals surface area contributed by atoms with Crippen LogP contribution < -0.4 is 5.73 Å². The van der Waals surface area contributed by atoms with E-state index in [0.29, 0.717) is 12.5 Å². The fourth-order valence-corrected chi connectivity index (χ4v) is 4.89. The van der Waals surface area contributed by atoms with E-state index in [4.69, 9.17) is 10.5 Å². The fourth-order valence-electron chi connectivity index (χ4n) is 4.89. The van der Waals surface area contributed by atoms with Crippen molar-refractivity contribution < 1.29 is 4.74 Å². The highest BCUT2D eigenvalue weighted by Gasteiger charge is 2.53. The Labute approximate surface area is 181 Å². The summed E-state index contributed by atoms with van der Waals surface area (Å²) >= 11 is 0. The zero-order chi connectivity index (χ0) is 20.9. The molecule has 0 spiro atoms. The van der Waals surface area contributed by atoms with Gasteiger partial charge in [-0.05, 0) is 48.8 Å². The zero-order valence-electron chi connectivity index (χ0n) is 18.0. The van der Waals surface area contributed by atoms with Crippen molar-refractivity contribution in [1.82, 2.24) is 0 Å². The van der Waals surface area contributed by atoms with E-state index in [1.165, 1.54) is 18.4 Å². The van der Waals surface area contributed by atoms with Crippen LogP contribution in [-0.2, 0) is 16.8 Å². The minimum Gasteiger partial charge on any atom is -0.364 e. The molecule has 0 amide bonds. The van der Waals surface area contributed by atoms with Crippen molar-refractivity contribution in [1.29, 1.82) is 0 Å². The second-order valence-corrected chi connectivity index (χ2v) is 8.64. The monoisotopic (exact) mass is 399 g/mol. The molecule has 0 saturated heterocycles. The standard InChI is InChI=1S/C28H33NO/c1-2-30-28(25-14-8-4-9-15-25,26-16-10-5-11-17-26)27(29,22-24-18-19-24)21-20-23-12-6-3-7-13-23/h3-17,24H,2,18-22,29H2,1H3. The molecule has 0 heterocycles. The summed E-state index contributed by atoms with van der Waals surface area (Å²) in [6.45, 7) is 2.69. The average molecular weight is 400 g/mol. The van der Waals surface area contributed by atoms with Crippen LogP contribution in [0.1, 0.15) is 49.3 Å². The minimum atomic E-state index is -0.679. The number of ether oxygens (including phenoxy) is 1. The molecule has 0 bridgehead atoms. The first-order chi connectivity index (χ1) is 14.7. The van der Waals surface area contributed by atoms with E-state index in [-0.39, 0.29) is 0 Å². The first-order valence-corrected chi connectivity index (χ1v) is 11.3. The number of rotatable bonds is 10. The van der Waals surface area contributed by atoms with Crippen LogP contribution in [0.2, 0.25) is 0 Å². The van der Waals surface area contributed by atoms with Gasteiger partial charge >= 0.3 is 0 Å². The minimum absolute atomic E-state index is 0.511. The predicted octanol–water partition coefficient (Wildman–Crippen LogP) is 6.10. The molecule has 156 valence electrons. The van der Waals surface area contributed by atoms with E-state index in [2.05, 4.69) is 97.9 Å². The van der Waals surface area contributed by atoms with Crippen LogP contribution in [0.25, 0.3) is 0 Å². The van der Waals surface area contributed by atoms with E-state index in [9.17, 15) is 0 Å². The van der Waals surface area contributed by atoms with Crippen molar-refractivity contribution in [3.8, 4) is 0 Å². The van der Waals surface area contributed by atoms with Crippen molar-refractivity contribution >= 4 is 0 Å². The van der Waals surface area contributed by atoms with Crippen molar-refractivity contribution in [3.63, 3.8) is 0 Å². The van der Waals surface area contributed by atoms with Crippen molar-refractivity contribution in [2.24, 2.45) is 11.7 Å². The lowest BCUT2D eigenvalue weighted by Gasteiger charge is -2.49. The summed E-state index contributed by atoms with van der Waals surface area (Å²) in [7, 11) is 0. The summed E-state index contributed by atoms with van der Waals surface area (Å²) in [5.74, 6) is 0.693. The molecule has 3 aromatic carbocycles. The maximum Gasteiger partial charge on any atom is 0.136 e. The normalized spacial score (nSPS) is 16.2. The van der Waals surface area contributed by atoms with Gasteiger partial charge in [-0.25, -0.2) is 0 Å². The summed E-state index contributed by atoms with van der Waals surface area (Å²) in [5.41, 5.74) is 9.92. The lowest BCUT2D eigenvalue weighted by Crippen LogP contribution is -2.61. The highest BCUT2D eigenvalue weighted by molar-refractivity contribution is 5.42. The third-order valence-electron chi connectivity index (χ3n) is 6.48. The van der Waals surface area contributed by atoms with E-state index in [1.54, 1.807) is 0 Å². The molecule has 0 radical (unpaired) electrons. The predicted molar refractivity (Wildman–Crippen MR) is 124 cm³/mol. The second-order valence-electron chi connectivity index (χ2n) is 8.64. The van der Waals surface area contributed by atoms with Crippen molar-refractivity contribution in [2.45, 2.75) is 50.2 Å². The molecular weight excluding hydrogens is 366 g/mol. The number of benzene rings is 3. The zero-order valence-corrected chi connectivity index (χ0v) is 18.0. The number of hydrogen-bond acceptors (Lipinski definition) is 2. The molecule has 0 aliphatic heterocycles. The first kappa shape index (κ1) is 20.8. The Morgan fingerprint density at radius 2 is 1.30 bits per heavy atom. The molecule has 4 rings (SSSR count). The molecule has 1 saturated carbocycles. The van der Waals surface area contributed by atoms with Crippen LogP contribution >= 0.6 is 0 Å². The Balaban J connectivity index is 1.83. The smallest absolute Gasteiger partial charge is 0.136 e. The van der Waals surface area contributed by atoms with E-state index < -0.39 is 11.1 Å². The maximum absolute atomic E-state index is 7.49. The lowest BCUT2D eigenvalue weighted by atomic mass is 9.66. The Morgan fingerprint density at radius 1 is 0.800 bits per heavy atom. The Bertz CT molecular complexity index is 866. The SMILES string of the molecule is CCOC(c1ccccc1)(c1ccccc1)C(N)(CCc1ccccc1)CC1CC1. The van der Waals surface area contributed by atoms with Gasteiger partial charge in [0.05, 0.1) is 5.54 Å². The van der Waals surface area contributed by atoms with Crippen molar-refractivity contribution in [3.05, 3.63) is 108 Å². The molecule has 1 atom stereocenters. The van der Waals surface area contributed by atoms with E-state index in [1.807, 2.05) is 0 Å². The fraction of sp³-hybridized carbons (Fsp3) is 0.357. The molecule has 1 fully saturated rings.